The highest BCUT2D eigenvalue weighted by atomic mass is 16.5. The minimum atomic E-state index is -0.590. The number of fused-ring (bicyclic) bond motifs is 21. The molecule has 0 saturated carbocycles. The van der Waals surface area contributed by atoms with Crippen LogP contribution < -0.4 is 14.4 Å². The van der Waals surface area contributed by atoms with Gasteiger partial charge in [-0.05, 0) is 139 Å². The number of nitrogens with zero attached hydrogens (tertiary/aromatic N) is 1. The Hall–Kier alpha value is -9.96. The fraction of sp³-hybridized carbons (Fsp3) is 0.0400. The zero-order valence-corrected chi connectivity index (χ0v) is 42.4. The average Bonchev–Trinajstić information content (AvgIpc) is 4.08. The molecule has 0 fully saturated rings. The minimum Gasteiger partial charge on any atom is -0.457 e. The van der Waals surface area contributed by atoms with Gasteiger partial charge in [-0.3, -0.25) is 0 Å². The first kappa shape index (κ1) is 43.3. The van der Waals surface area contributed by atoms with Gasteiger partial charge in [-0.2, -0.15) is 0 Å². The van der Waals surface area contributed by atoms with E-state index >= 15 is 0 Å². The molecule has 2 spiro atoms. The van der Waals surface area contributed by atoms with Crippen molar-refractivity contribution in [3.63, 3.8) is 0 Å². The first-order chi connectivity index (χ1) is 38.7. The van der Waals surface area contributed by atoms with E-state index < -0.39 is 16.2 Å². The number of para-hydroxylation sites is 4. The lowest BCUT2D eigenvalue weighted by molar-refractivity contribution is 0.436. The summed E-state index contributed by atoms with van der Waals surface area (Å²) in [5, 5.41) is 0. The molecule has 78 heavy (non-hydrogen) atoms. The summed E-state index contributed by atoms with van der Waals surface area (Å²) in [5.74, 6) is 3.54. The lowest BCUT2D eigenvalue weighted by Gasteiger charge is -2.39. The van der Waals surface area contributed by atoms with Crippen molar-refractivity contribution in [1.29, 1.82) is 0 Å². The van der Waals surface area contributed by atoms with E-state index in [0.29, 0.717) is 0 Å². The summed E-state index contributed by atoms with van der Waals surface area (Å²) >= 11 is 0. The van der Waals surface area contributed by atoms with Crippen LogP contribution in [0.15, 0.2) is 285 Å². The number of hydrogen-bond donors (Lipinski definition) is 0. The first-order valence-electron chi connectivity index (χ1n) is 27.1. The van der Waals surface area contributed by atoms with E-state index in [1.165, 1.54) is 77.9 Å². The average molecular weight is 994 g/mol. The fourth-order valence-corrected chi connectivity index (χ4v) is 15.0. The van der Waals surface area contributed by atoms with Crippen LogP contribution in [-0.4, -0.2) is 0 Å². The number of anilines is 3. The third-order valence-corrected chi connectivity index (χ3v) is 17.9. The summed E-state index contributed by atoms with van der Waals surface area (Å²) in [6, 6.07) is 105. The highest BCUT2D eigenvalue weighted by Gasteiger charge is 2.53. The molecule has 2 heterocycles. The van der Waals surface area contributed by atoms with Gasteiger partial charge in [0.15, 0.2) is 0 Å². The molecule has 0 radical (unpaired) electrons. The van der Waals surface area contributed by atoms with Crippen molar-refractivity contribution < 1.29 is 9.47 Å². The van der Waals surface area contributed by atoms with Crippen LogP contribution in [0.1, 0.15) is 66.8 Å². The summed E-state index contributed by atoms with van der Waals surface area (Å²) in [4.78, 5) is 2.52. The molecule has 5 aliphatic rings. The van der Waals surface area contributed by atoms with Crippen molar-refractivity contribution in [3.8, 4) is 56.4 Å². The van der Waals surface area contributed by atoms with Gasteiger partial charge in [0.05, 0.1) is 16.2 Å². The van der Waals surface area contributed by atoms with Gasteiger partial charge in [-0.1, -0.05) is 224 Å². The van der Waals surface area contributed by atoms with Gasteiger partial charge in [-0.25, -0.2) is 0 Å². The van der Waals surface area contributed by atoms with E-state index in [4.69, 9.17) is 9.47 Å². The molecular formula is C75H47NO2. The van der Waals surface area contributed by atoms with Gasteiger partial charge in [-0.15, -0.1) is 0 Å². The second kappa shape index (κ2) is 16.0. The Balaban J connectivity index is 0.946. The smallest absolute Gasteiger partial charge is 0.132 e. The number of benzene rings is 12. The maximum absolute atomic E-state index is 6.74. The predicted molar refractivity (Wildman–Crippen MR) is 313 cm³/mol. The first-order valence-corrected chi connectivity index (χ1v) is 27.1. The number of rotatable bonds is 5. The van der Waals surface area contributed by atoms with E-state index in [2.05, 4.69) is 290 Å². The van der Waals surface area contributed by atoms with Gasteiger partial charge in [0.1, 0.15) is 23.0 Å². The van der Waals surface area contributed by atoms with Crippen molar-refractivity contribution in [1.82, 2.24) is 0 Å². The number of ether oxygens (including phenoxy) is 2. The normalized spacial score (nSPS) is 14.9. The lowest BCUT2D eigenvalue weighted by atomic mass is 9.66. The molecule has 0 saturated heterocycles. The third kappa shape index (κ3) is 5.47. The maximum atomic E-state index is 6.74. The van der Waals surface area contributed by atoms with Crippen LogP contribution in [0.2, 0.25) is 0 Å². The Bertz CT molecular complexity index is 4150. The largest absolute Gasteiger partial charge is 0.457 e. The second-order valence-electron chi connectivity index (χ2n) is 21.3. The van der Waals surface area contributed by atoms with E-state index in [-0.39, 0.29) is 0 Å². The molecule has 2 aliphatic heterocycles. The molecule has 0 aromatic heterocycles. The van der Waals surface area contributed by atoms with Crippen LogP contribution in [0.25, 0.3) is 33.4 Å². The van der Waals surface area contributed by atoms with Crippen molar-refractivity contribution in [2.24, 2.45) is 0 Å². The third-order valence-electron chi connectivity index (χ3n) is 17.9. The van der Waals surface area contributed by atoms with Crippen molar-refractivity contribution in [2.45, 2.75) is 16.2 Å². The molecule has 3 heteroatoms. The summed E-state index contributed by atoms with van der Waals surface area (Å²) < 4.78 is 13.5. The Morgan fingerprint density at radius 2 is 0.500 bits per heavy atom. The van der Waals surface area contributed by atoms with E-state index in [1.807, 2.05) is 0 Å². The van der Waals surface area contributed by atoms with Crippen molar-refractivity contribution in [3.05, 3.63) is 352 Å². The van der Waals surface area contributed by atoms with Gasteiger partial charge < -0.3 is 14.4 Å². The minimum absolute atomic E-state index is 0.587. The Labute approximate surface area is 453 Å². The zero-order valence-electron chi connectivity index (χ0n) is 42.4. The molecular weight excluding hydrogens is 947 g/mol. The monoisotopic (exact) mass is 993 g/mol. The Morgan fingerprint density at radius 1 is 0.205 bits per heavy atom. The van der Waals surface area contributed by atoms with Crippen molar-refractivity contribution in [2.75, 3.05) is 4.90 Å². The quantitative estimate of drug-likeness (QED) is 0.172. The standard InChI is InChI=1S/C75H47NO2/c1-3-21-48(22-4-1)73(49-23-5-2-6-24-49)59-28-10-7-25-53(59)56-42-39-52(47-68(56)73)76(50-40-43-62-57(45-50)54-26-8-11-29-60(54)74(62)64-31-13-17-35-69(64)77-70-36-18-14-32-65(70)74)51-41-44-63-58(46-51)55-27-9-12-30-61(55)75(63)66-33-15-19-37-71(66)78-72-38-20-16-34-67(72)75/h1-47H. The molecule has 3 aliphatic carbocycles. The maximum Gasteiger partial charge on any atom is 0.132 e. The fourth-order valence-electron chi connectivity index (χ4n) is 15.0. The van der Waals surface area contributed by atoms with Gasteiger partial charge in [0, 0.05) is 39.3 Å². The molecule has 0 N–H and O–H groups in total. The topological polar surface area (TPSA) is 21.7 Å². The molecule has 17 rings (SSSR count). The van der Waals surface area contributed by atoms with E-state index in [9.17, 15) is 0 Å². The molecule has 3 nitrogen and oxygen atoms in total. The Morgan fingerprint density at radius 3 is 0.923 bits per heavy atom. The predicted octanol–water partition coefficient (Wildman–Crippen LogP) is 18.5. The number of hydrogen-bond acceptors (Lipinski definition) is 3. The van der Waals surface area contributed by atoms with Crippen molar-refractivity contribution >= 4 is 17.1 Å². The van der Waals surface area contributed by atoms with Crippen LogP contribution in [0.3, 0.4) is 0 Å². The van der Waals surface area contributed by atoms with Crippen LogP contribution in [-0.2, 0) is 16.2 Å². The highest BCUT2D eigenvalue weighted by Crippen LogP contribution is 2.65. The van der Waals surface area contributed by atoms with Crippen LogP contribution >= 0.6 is 0 Å². The van der Waals surface area contributed by atoms with E-state index in [1.54, 1.807) is 0 Å². The summed E-state index contributed by atoms with van der Waals surface area (Å²) in [7, 11) is 0. The van der Waals surface area contributed by atoms with Gasteiger partial charge in [0.25, 0.3) is 0 Å². The Kier molecular flexibility index (Phi) is 8.90. The lowest BCUT2D eigenvalue weighted by Crippen LogP contribution is -2.32. The second-order valence-corrected chi connectivity index (χ2v) is 21.3. The van der Waals surface area contributed by atoms with Gasteiger partial charge in [0.2, 0.25) is 0 Å². The molecule has 0 atom stereocenters. The molecule has 364 valence electrons. The summed E-state index contributed by atoms with van der Waals surface area (Å²) in [6.45, 7) is 0. The molecule has 0 amide bonds. The van der Waals surface area contributed by atoms with Crippen LogP contribution in [0.5, 0.6) is 23.0 Å². The summed E-state index contributed by atoms with van der Waals surface area (Å²) in [6.07, 6.45) is 0. The van der Waals surface area contributed by atoms with Crippen LogP contribution in [0.4, 0.5) is 17.1 Å². The SMILES string of the molecule is c1ccc(C2(c3ccccc3)c3ccccc3-c3ccc(N(c4ccc5c(c4)-c4ccccc4C54c5ccccc5Oc5ccccc54)c4ccc5c(c4)-c4ccccc4C54c5ccccc5Oc5ccccc54)cc32)cc1. The highest BCUT2D eigenvalue weighted by molar-refractivity contribution is 5.96. The molecule has 12 aromatic rings. The summed E-state index contributed by atoms with van der Waals surface area (Å²) in [5.41, 5.74) is 23.4. The van der Waals surface area contributed by atoms with Gasteiger partial charge >= 0.3 is 0 Å². The van der Waals surface area contributed by atoms with Crippen LogP contribution in [0, 0.1) is 0 Å². The molecule has 0 unspecified atom stereocenters. The zero-order chi connectivity index (χ0) is 51.2. The van der Waals surface area contributed by atoms with E-state index in [0.717, 1.165) is 62.3 Å². The molecule has 12 aromatic carbocycles. The molecule has 0 bridgehead atoms.